The normalized spacial score (nSPS) is 18.9. The monoisotopic (exact) mass is 378 g/mol. The fourth-order valence-corrected chi connectivity index (χ4v) is 3.93. The molecule has 3 rings (SSSR count). The highest BCUT2D eigenvalue weighted by Gasteiger charge is 2.54. The van der Waals surface area contributed by atoms with E-state index >= 15 is 0 Å². The second-order valence-corrected chi connectivity index (χ2v) is 9.03. The van der Waals surface area contributed by atoms with Crippen molar-refractivity contribution in [3.05, 3.63) is 11.8 Å². The number of carbonyl (C=O) groups is 2. The third-order valence-corrected chi connectivity index (χ3v) is 5.29. The number of hydrogen-bond acceptors (Lipinski definition) is 7. The summed E-state index contributed by atoms with van der Waals surface area (Å²) in [4.78, 5) is 34.2. The van der Waals surface area contributed by atoms with Crippen LogP contribution in [0, 0.1) is 5.41 Å². The number of aromatic nitrogens is 2. The van der Waals surface area contributed by atoms with E-state index in [1.165, 1.54) is 18.7 Å². The molecule has 1 aliphatic carbocycles. The van der Waals surface area contributed by atoms with Crippen LogP contribution >= 0.6 is 11.8 Å². The van der Waals surface area contributed by atoms with Gasteiger partial charge in [-0.15, -0.1) is 0 Å². The first-order valence-electron chi connectivity index (χ1n) is 8.77. The van der Waals surface area contributed by atoms with Crippen LogP contribution < -0.4 is 5.32 Å². The summed E-state index contributed by atoms with van der Waals surface area (Å²) in [6.07, 6.45) is 5.18. The van der Waals surface area contributed by atoms with E-state index in [1.54, 1.807) is 11.1 Å². The molecule has 1 aromatic rings. The van der Waals surface area contributed by atoms with Crippen LogP contribution in [-0.4, -0.2) is 57.7 Å². The van der Waals surface area contributed by atoms with E-state index in [4.69, 9.17) is 4.74 Å². The highest BCUT2D eigenvalue weighted by atomic mass is 32.2. The van der Waals surface area contributed by atoms with Gasteiger partial charge in [0.1, 0.15) is 11.4 Å². The average Bonchev–Trinajstić information content (AvgIpc) is 2.45. The van der Waals surface area contributed by atoms with Gasteiger partial charge in [0.2, 0.25) is 0 Å². The first-order valence-corrected chi connectivity index (χ1v) is 10.00. The number of thioether (sulfide) groups is 1. The molecule has 1 N–H and O–H groups in total. The van der Waals surface area contributed by atoms with E-state index < -0.39 is 5.60 Å². The lowest BCUT2D eigenvalue weighted by Gasteiger charge is -2.58. The maximum Gasteiger partial charge on any atom is 0.410 e. The van der Waals surface area contributed by atoms with E-state index in [1.807, 2.05) is 27.0 Å². The summed E-state index contributed by atoms with van der Waals surface area (Å²) in [6.45, 7) is 8.62. The molecule has 142 valence electrons. The van der Waals surface area contributed by atoms with Gasteiger partial charge < -0.3 is 15.0 Å². The lowest BCUT2D eigenvalue weighted by atomic mass is 9.61. The van der Waals surface area contributed by atoms with Gasteiger partial charge in [0, 0.05) is 30.7 Å². The van der Waals surface area contributed by atoms with Crippen LogP contribution in [0.4, 0.5) is 10.6 Å². The maximum atomic E-state index is 12.1. The Morgan fingerprint density at radius 1 is 1.35 bits per heavy atom. The summed E-state index contributed by atoms with van der Waals surface area (Å²) >= 11 is 1.45. The van der Waals surface area contributed by atoms with Gasteiger partial charge in [-0.3, -0.25) is 4.79 Å². The van der Waals surface area contributed by atoms with Gasteiger partial charge in [-0.2, -0.15) is 0 Å². The molecule has 2 aliphatic rings. The van der Waals surface area contributed by atoms with Crippen molar-refractivity contribution >= 4 is 29.5 Å². The zero-order valence-electron chi connectivity index (χ0n) is 16.0. The van der Waals surface area contributed by atoms with Crippen molar-refractivity contribution < 1.29 is 14.3 Å². The predicted octanol–water partition coefficient (Wildman–Crippen LogP) is 3.21. The van der Waals surface area contributed by atoms with Crippen molar-refractivity contribution in [3.8, 4) is 0 Å². The van der Waals surface area contributed by atoms with E-state index in [2.05, 4.69) is 15.3 Å². The van der Waals surface area contributed by atoms with Crippen LogP contribution in [0.15, 0.2) is 11.4 Å². The summed E-state index contributed by atoms with van der Waals surface area (Å²) in [5.41, 5.74) is 0.238. The Morgan fingerprint density at radius 3 is 2.54 bits per heavy atom. The molecule has 8 heteroatoms. The molecule has 1 aliphatic heterocycles. The number of carbonyl (C=O) groups excluding carboxylic acids is 2. The minimum absolute atomic E-state index is 0.0473. The molecule has 1 saturated carbocycles. The van der Waals surface area contributed by atoms with Crippen LogP contribution in [0.1, 0.15) is 50.9 Å². The van der Waals surface area contributed by atoms with E-state index in [-0.39, 0.29) is 23.3 Å². The Kier molecular flexibility index (Phi) is 4.90. The van der Waals surface area contributed by atoms with Crippen LogP contribution in [-0.2, 0) is 4.74 Å². The second kappa shape index (κ2) is 6.72. The topological polar surface area (TPSA) is 84.4 Å². The average molecular weight is 378 g/mol. The minimum Gasteiger partial charge on any atom is -0.444 e. The molecule has 0 unspecified atom stereocenters. The highest BCUT2D eigenvalue weighted by molar-refractivity contribution is 7.98. The quantitative estimate of drug-likeness (QED) is 0.489. The van der Waals surface area contributed by atoms with E-state index in [9.17, 15) is 9.59 Å². The Balaban J connectivity index is 1.54. The number of rotatable bonds is 4. The second-order valence-electron chi connectivity index (χ2n) is 8.26. The molecule has 1 spiro atoms. The molecule has 0 bridgehead atoms. The standard InChI is InChI=1S/C18H26N4O3S/c1-11(23)13-8-19-15(26-5)21-14(13)20-12-6-18(7-12)9-22(10-18)16(24)25-17(2,3)4/h8,12H,6-7,9-10H2,1-5H3,(H,19,20,21). The smallest absolute Gasteiger partial charge is 0.410 e. The van der Waals surface area contributed by atoms with Gasteiger partial charge >= 0.3 is 6.09 Å². The molecular weight excluding hydrogens is 352 g/mol. The van der Waals surface area contributed by atoms with Gasteiger partial charge in [-0.25, -0.2) is 14.8 Å². The van der Waals surface area contributed by atoms with Crippen LogP contribution in [0.3, 0.4) is 0 Å². The van der Waals surface area contributed by atoms with Gasteiger partial charge in [0.15, 0.2) is 10.9 Å². The van der Waals surface area contributed by atoms with Gasteiger partial charge in [0.05, 0.1) is 5.56 Å². The fraction of sp³-hybridized carbons (Fsp3) is 0.667. The van der Waals surface area contributed by atoms with Gasteiger partial charge in [-0.05, 0) is 46.8 Å². The molecule has 2 heterocycles. The van der Waals surface area contributed by atoms with Crippen LogP contribution in [0.2, 0.25) is 0 Å². The fourth-order valence-electron chi connectivity index (χ4n) is 3.59. The number of amides is 1. The lowest BCUT2D eigenvalue weighted by Crippen LogP contribution is -2.66. The summed E-state index contributed by atoms with van der Waals surface area (Å²) in [5.74, 6) is 0.564. The Hall–Kier alpha value is -1.83. The van der Waals surface area contributed by atoms with Crippen molar-refractivity contribution in [3.63, 3.8) is 0 Å². The third-order valence-electron chi connectivity index (χ3n) is 4.73. The van der Waals surface area contributed by atoms with Crippen molar-refractivity contribution in [1.29, 1.82) is 0 Å². The number of Topliss-reactive ketones (excluding diaryl/α,β-unsaturated/α-hetero) is 1. The summed E-state index contributed by atoms with van der Waals surface area (Å²) in [7, 11) is 0. The van der Waals surface area contributed by atoms with Crippen LogP contribution in [0.5, 0.6) is 0 Å². The number of ketones is 1. The molecule has 0 atom stereocenters. The predicted molar refractivity (Wildman–Crippen MR) is 101 cm³/mol. The van der Waals surface area contributed by atoms with Crippen molar-refractivity contribution in [2.24, 2.45) is 5.41 Å². The first-order chi connectivity index (χ1) is 12.1. The third kappa shape index (κ3) is 3.95. The maximum absolute atomic E-state index is 12.1. The molecule has 0 radical (unpaired) electrons. The molecule has 1 aromatic heterocycles. The van der Waals surface area contributed by atoms with E-state index in [0.717, 1.165) is 25.9 Å². The number of nitrogens with one attached hydrogen (secondary N) is 1. The SMILES string of the molecule is CSc1ncc(C(C)=O)c(NC2CC3(C2)CN(C(=O)OC(C)(C)C)C3)n1. The Bertz CT molecular complexity index is 718. The van der Waals surface area contributed by atoms with Gasteiger partial charge in [-0.1, -0.05) is 11.8 Å². The molecule has 26 heavy (non-hydrogen) atoms. The number of likely N-dealkylation sites (tertiary alicyclic amines) is 1. The largest absolute Gasteiger partial charge is 0.444 e. The molecule has 1 amide bonds. The minimum atomic E-state index is -0.464. The van der Waals surface area contributed by atoms with Crippen LogP contribution in [0.25, 0.3) is 0 Å². The van der Waals surface area contributed by atoms with Crippen molar-refractivity contribution in [2.75, 3.05) is 24.7 Å². The Labute approximate surface area is 158 Å². The molecule has 2 fully saturated rings. The number of ether oxygens (including phenoxy) is 1. The van der Waals surface area contributed by atoms with Gasteiger partial charge in [0.25, 0.3) is 0 Å². The summed E-state index contributed by atoms with van der Waals surface area (Å²) in [5, 5.41) is 4.03. The molecule has 1 saturated heterocycles. The molecular formula is C18H26N4O3S. The first kappa shape index (κ1) is 18.9. The number of anilines is 1. The summed E-state index contributed by atoms with van der Waals surface area (Å²) in [6, 6.07) is 0.262. The molecule has 7 nitrogen and oxygen atoms in total. The zero-order chi connectivity index (χ0) is 19.1. The lowest BCUT2D eigenvalue weighted by molar-refractivity contribution is -0.0739. The molecule has 0 aromatic carbocycles. The van der Waals surface area contributed by atoms with Crippen molar-refractivity contribution in [2.45, 2.75) is 57.3 Å². The zero-order valence-corrected chi connectivity index (χ0v) is 16.8. The highest BCUT2D eigenvalue weighted by Crippen LogP contribution is 2.49. The summed E-state index contributed by atoms with van der Waals surface area (Å²) < 4.78 is 5.41. The number of nitrogens with zero attached hydrogens (tertiary/aromatic N) is 3. The van der Waals surface area contributed by atoms with Crippen molar-refractivity contribution in [1.82, 2.24) is 14.9 Å². The Morgan fingerprint density at radius 2 is 2.00 bits per heavy atom. The van der Waals surface area contributed by atoms with E-state index in [0.29, 0.717) is 16.5 Å². The number of hydrogen-bond donors (Lipinski definition) is 1.